The van der Waals surface area contributed by atoms with Gasteiger partial charge in [0.2, 0.25) is 0 Å². The standard InChI is InChI=1S/C23H23N3O.C23H23N3/c1-14-4-9-19-20-12-16(13-25-22(20)23(24)26-21(19)10-14)5-6-17-7-8-18(27-3)11-15(17)2;1-14-4-7-18(16(3)10-14)8-6-17-12-20-19-9-5-15(2)11-21(19)26-23(24)22(20)25-13-17/h4,7-13H,5-6H2,1-3H3,(H2,24,26);4-5,7,9-13H,6,8H2,1-3H3,(H2,24,26). The van der Waals surface area contributed by atoms with Gasteiger partial charge in [-0.05, 0) is 141 Å². The molecule has 8 aromatic rings. The molecule has 0 saturated heterocycles. The van der Waals surface area contributed by atoms with E-state index in [-0.39, 0.29) is 0 Å². The lowest BCUT2D eigenvalue weighted by Crippen LogP contribution is -1.99. The summed E-state index contributed by atoms with van der Waals surface area (Å²) in [5.41, 5.74) is 27.1. The maximum absolute atomic E-state index is 6.15. The van der Waals surface area contributed by atoms with Gasteiger partial charge in [0.25, 0.3) is 0 Å². The first-order valence-electron chi connectivity index (χ1n) is 18.1. The fraction of sp³-hybridized carbons (Fsp3) is 0.217. The monoisotopic (exact) mass is 698 g/mol. The van der Waals surface area contributed by atoms with Crippen molar-refractivity contribution in [1.82, 2.24) is 19.9 Å². The molecule has 0 aliphatic heterocycles. The molecule has 0 aliphatic rings. The summed E-state index contributed by atoms with van der Waals surface area (Å²) in [7, 11) is 1.70. The Kier molecular flexibility index (Phi) is 9.92. The van der Waals surface area contributed by atoms with Crippen molar-refractivity contribution in [3.8, 4) is 5.75 Å². The Morgan fingerprint density at radius 2 is 0.943 bits per heavy atom. The molecule has 0 unspecified atom stereocenters. The summed E-state index contributed by atoms with van der Waals surface area (Å²) >= 11 is 0. The molecule has 0 radical (unpaired) electrons. The predicted molar refractivity (Wildman–Crippen MR) is 221 cm³/mol. The van der Waals surface area contributed by atoms with Gasteiger partial charge in [-0.1, -0.05) is 54.1 Å². The molecule has 0 amide bonds. The molecule has 0 bridgehead atoms. The zero-order valence-corrected chi connectivity index (χ0v) is 31.4. The number of nitrogens with two attached hydrogens (primary N) is 2. The molecule has 0 fully saturated rings. The summed E-state index contributed by atoms with van der Waals surface area (Å²) in [4.78, 5) is 18.3. The first kappa shape index (κ1) is 35.3. The number of rotatable bonds is 7. The highest BCUT2D eigenvalue weighted by Crippen LogP contribution is 2.30. The van der Waals surface area contributed by atoms with Crippen molar-refractivity contribution in [3.63, 3.8) is 0 Å². The van der Waals surface area contributed by atoms with Gasteiger partial charge in [0, 0.05) is 33.9 Å². The molecule has 4 N–H and O–H groups in total. The molecule has 4 aromatic carbocycles. The van der Waals surface area contributed by atoms with Crippen molar-refractivity contribution in [1.29, 1.82) is 0 Å². The van der Waals surface area contributed by atoms with Gasteiger partial charge in [-0.25, -0.2) is 9.97 Å². The molecule has 8 rings (SSSR count). The Hall–Kier alpha value is -6.08. The van der Waals surface area contributed by atoms with Crippen molar-refractivity contribution in [2.75, 3.05) is 18.6 Å². The Balaban J connectivity index is 0.000000164. The van der Waals surface area contributed by atoms with Gasteiger partial charge < -0.3 is 16.2 Å². The van der Waals surface area contributed by atoms with E-state index >= 15 is 0 Å². The van der Waals surface area contributed by atoms with Crippen molar-refractivity contribution in [3.05, 3.63) is 147 Å². The molecule has 0 spiro atoms. The SMILES string of the molecule is COc1ccc(CCc2cnc3c(N)nc4cc(C)ccc4c3c2)c(C)c1.Cc1ccc(CCc2cnc3c(N)nc4cc(C)ccc4c3c2)c(C)c1. The van der Waals surface area contributed by atoms with Crippen molar-refractivity contribution in [2.24, 2.45) is 0 Å². The van der Waals surface area contributed by atoms with Crippen LogP contribution in [0.4, 0.5) is 11.6 Å². The van der Waals surface area contributed by atoms with Gasteiger partial charge in [-0.15, -0.1) is 0 Å². The lowest BCUT2D eigenvalue weighted by atomic mass is 9.98. The summed E-state index contributed by atoms with van der Waals surface area (Å²) in [5, 5.41) is 4.37. The molecule has 266 valence electrons. The number of pyridine rings is 4. The average molecular weight is 699 g/mol. The molecule has 4 heterocycles. The third-order valence-electron chi connectivity index (χ3n) is 10.2. The van der Waals surface area contributed by atoms with Gasteiger partial charge in [-0.2, -0.15) is 0 Å². The summed E-state index contributed by atoms with van der Waals surface area (Å²) in [6.07, 6.45) is 7.70. The highest BCUT2D eigenvalue weighted by atomic mass is 16.5. The van der Waals surface area contributed by atoms with Gasteiger partial charge in [0.1, 0.15) is 16.8 Å². The minimum absolute atomic E-state index is 0.487. The van der Waals surface area contributed by atoms with E-state index in [1.54, 1.807) is 7.11 Å². The van der Waals surface area contributed by atoms with Crippen LogP contribution in [0, 0.1) is 34.6 Å². The van der Waals surface area contributed by atoms with Crippen LogP contribution in [0.25, 0.3) is 43.6 Å². The Morgan fingerprint density at radius 1 is 0.491 bits per heavy atom. The molecule has 7 heteroatoms. The maximum Gasteiger partial charge on any atom is 0.150 e. The van der Waals surface area contributed by atoms with Crippen molar-refractivity contribution in [2.45, 2.75) is 60.3 Å². The quantitative estimate of drug-likeness (QED) is 0.159. The van der Waals surface area contributed by atoms with E-state index in [4.69, 9.17) is 16.2 Å². The topological polar surface area (TPSA) is 113 Å². The second-order valence-electron chi connectivity index (χ2n) is 14.2. The number of hydrogen-bond donors (Lipinski definition) is 2. The lowest BCUT2D eigenvalue weighted by molar-refractivity contribution is 0.414. The Labute approximate surface area is 311 Å². The molecule has 4 aromatic heterocycles. The number of methoxy groups -OCH3 is 1. The molecular formula is C46H46N6O. The maximum atomic E-state index is 6.15. The number of nitrogens with zero attached hydrogens (tertiary/aromatic N) is 4. The van der Waals surface area contributed by atoms with Crippen LogP contribution < -0.4 is 16.2 Å². The van der Waals surface area contributed by atoms with Gasteiger partial charge in [0.05, 0.1) is 18.1 Å². The second-order valence-corrected chi connectivity index (χ2v) is 14.2. The molecule has 0 atom stereocenters. The van der Waals surface area contributed by atoms with Gasteiger partial charge >= 0.3 is 0 Å². The first-order valence-corrected chi connectivity index (χ1v) is 18.1. The minimum atomic E-state index is 0.487. The normalized spacial score (nSPS) is 11.3. The van der Waals surface area contributed by atoms with Crippen molar-refractivity contribution >= 4 is 55.2 Å². The van der Waals surface area contributed by atoms with Gasteiger partial charge in [-0.3, -0.25) is 9.97 Å². The third kappa shape index (κ3) is 7.61. The number of benzene rings is 4. The molecular weight excluding hydrogens is 653 g/mol. The lowest BCUT2D eigenvalue weighted by Gasteiger charge is -2.10. The molecule has 53 heavy (non-hydrogen) atoms. The van der Waals surface area contributed by atoms with Crippen LogP contribution in [-0.4, -0.2) is 27.0 Å². The van der Waals surface area contributed by atoms with E-state index in [2.05, 4.69) is 133 Å². The highest BCUT2D eigenvalue weighted by Gasteiger charge is 2.11. The highest BCUT2D eigenvalue weighted by molar-refractivity contribution is 6.09. The number of aryl methyl sites for hydroxylation is 9. The fourth-order valence-corrected chi connectivity index (χ4v) is 7.16. The second kappa shape index (κ2) is 14.9. The summed E-state index contributed by atoms with van der Waals surface area (Å²) in [5.74, 6) is 1.88. The van der Waals surface area contributed by atoms with Crippen LogP contribution in [0.1, 0.15) is 50.1 Å². The number of nitrogen functional groups attached to an aromatic ring is 2. The van der Waals surface area contributed by atoms with Crippen LogP contribution in [0.5, 0.6) is 5.75 Å². The minimum Gasteiger partial charge on any atom is -0.497 e. The van der Waals surface area contributed by atoms with E-state index in [1.807, 2.05) is 18.5 Å². The van der Waals surface area contributed by atoms with Crippen LogP contribution in [0.3, 0.4) is 0 Å². The van der Waals surface area contributed by atoms with E-state index in [0.717, 1.165) is 75.0 Å². The fourth-order valence-electron chi connectivity index (χ4n) is 7.16. The van der Waals surface area contributed by atoms with E-state index in [0.29, 0.717) is 11.6 Å². The number of fused-ring (bicyclic) bond motifs is 6. The van der Waals surface area contributed by atoms with Crippen molar-refractivity contribution < 1.29 is 4.74 Å². The van der Waals surface area contributed by atoms with Crippen LogP contribution in [0.15, 0.2) is 97.3 Å². The number of aromatic nitrogens is 4. The Bertz CT molecular complexity index is 2650. The number of hydrogen-bond acceptors (Lipinski definition) is 7. The van der Waals surface area contributed by atoms with Crippen LogP contribution >= 0.6 is 0 Å². The van der Waals surface area contributed by atoms with E-state index in [1.165, 1.54) is 50.1 Å². The van der Waals surface area contributed by atoms with Crippen LogP contribution in [0.2, 0.25) is 0 Å². The van der Waals surface area contributed by atoms with Crippen LogP contribution in [-0.2, 0) is 25.7 Å². The zero-order chi connectivity index (χ0) is 37.2. The van der Waals surface area contributed by atoms with E-state index < -0.39 is 0 Å². The largest absolute Gasteiger partial charge is 0.497 e. The first-order chi connectivity index (χ1) is 25.6. The predicted octanol–water partition coefficient (Wildman–Crippen LogP) is 9.85. The summed E-state index contributed by atoms with van der Waals surface area (Å²) < 4.78 is 5.29. The Morgan fingerprint density at radius 3 is 1.42 bits per heavy atom. The average Bonchev–Trinajstić information content (AvgIpc) is 3.14. The number of anilines is 2. The zero-order valence-electron chi connectivity index (χ0n) is 31.4. The molecule has 7 nitrogen and oxygen atoms in total. The third-order valence-corrected chi connectivity index (χ3v) is 10.2. The summed E-state index contributed by atoms with van der Waals surface area (Å²) in [6, 6.07) is 29.9. The summed E-state index contributed by atoms with van der Waals surface area (Å²) in [6.45, 7) is 10.6. The number of ether oxygens (including phenoxy) is 1. The van der Waals surface area contributed by atoms with E-state index in [9.17, 15) is 0 Å². The molecule has 0 aliphatic carbocycles. The van der Waals surface area contributed by atoms with Gasteiger partial charge in [0.15, 0.2) is 11.6 Å². The smallest absolute Gasteiger partial charge is 0.150 e. The molecule has 0 saturated carbocycles.